The average Bonchev–Trinajstić information content (AvgIpc) is 3.46. The fraction of sp³-hybridized carbons (Fsp3) is 0.250. The standard InChI is InChI=1S/C24H24N4O4S3/c1-31-11-10-28-19-9-8-17(32-2)12-20(19)35-24(28)27-22(30)15-33-14-21(29)26-23-25-18(13-34-23)16-6-4-3-5-7-16/h3-9,12-13H,10-11,14-15H2,1-2H3,(H,25,26,29). The number of hydrogen-bond acceptors (Lipinski definition) is 8. The first kappa shape index (κ1) is 25.1. The van der Waals surface area contributed by atoms with Crippen LogP contribution in [0.1, 0.15) is 0 Å². The number of thioether (sulfide) groups is 1. The van der Waals surface area contributed by atoms with E-state index in [0.717, 1.165) is 27.2 Å². The third kappa shape index (κ3) is 6.57. The van der Waals surface area contributed by atoms with Crippen molar-refractivity contribution in [1.29, 1.82) is 0 Å². The predicted molar refractivity (Wildman–Crippen MR) is 142 cm³/mol. The monoisotopic (exact) mass is 528 g/mol. The van der Waals surface area contributed by atoms with Gasteiger partial charge in [-0.2, -0.15) is 4.99 Å². The summed E-state index contributed by atoms with van der Waals surface area (Å²) in [5.41, 5.74) is 2.77. The van der Waals surface area contributed by atoms with Crippen molar-refractivity contribution in [3.05, 3.63) is 58.7 Å². The van der Waals surface area contributed by atoms with Gasteiger partial charge in [-0.15, -0.1) is 23.1 Å². The summed E-state index contributed by atoms with van der Waals surface area (Å²) in [4.78, 5) is 34.2. The lowest BCUT2D eigenvalue weighted by Crippen LogP contribution is -2.20. The van der Waals surface area contributed by atoms with Crippen molar-refractivity contribution in [2.24, 2.45) is 4.99 Å². The van der Waals surface area contributed by atoms with Crippen LogP contribution in [0, 0.1) is 0 Å². The van der Waals surface area contributed by atoms with Crippen molar-refractivity contribution in [1.82, 2.24) is 9.55 Å². The quantitative estimate of drug-likeness (QED) is 0.330. The van der Waals surface area contributed by atoms with Gasteiger partial charge in [0, 0.05) is 24.6 Å². The number of rotatable bonds is 10. The number of anilines is 1. The molecule has 0 radical (unpaired) electrons. The molecule has 0 bridgehead atoms. The Balaban J connectivity index is 1.36. The molecule has 2 amide bonds. The zero-order valence-corrected chi connectivity index (χ0v) is 21.7. The van der Waals surface area contributed by atoms with Crippen LogP contribution in [-0.2, 0) is 20.9 Å². The number of hydrogen-bond donors (Lipinski definition) is 1. The molecule has 0 spiro atoms. The van der Waals surface area contributed by atoms with Crippen molar-refractivity contribution in [3.63, 3.8) is 0 Å². The summed E-state index contributed by atoms with van der Waals surface area (Å²) in [6.45, 7) is 1.07. The molecule has 0 atom stereocenters. The minimum absolute atomic E-state index is 0.0996. The molecule has 0 aliphatic carbocycles. The van der Waals surface area contributed by atoms with Crippen molar-refractivity contribution in [2.45, 2.75) is 6.54 Å². The number of thiazole rings is 2. The van der Waals surface area contributed by atoms with Gasteiger partial charge in [0.15, 0.2) is 9.93 Å². The number of nitrogens with one attached hydrogen (secondary N) is 1. The lowest BCUT2D eigenvalue weighted by molar-refractivity contribution is -0.115. The van der Waals surface area contributed by atoms with E-state index in [0.29, 0.717) is 23.1 Å². The Labute approximate surface area is 214 Å². The van der Waals surface area contributed by atoms with Crippen LogP contribution in [0.5, 0.6) is 5.75 Å². The fourth-order valence-electron chi connectivity index (χ4n) is 3.26. The third-order valence-corrected chi connectivity index (χ3v) is 7.62. The van der Waals surface area contributed by atoms with E-state index in [4.69, 9.17) is 9.47 Å². The molecular weight excluding hydrogens is 504 g/mol. The normalized spacial score (nSPS) is 11.7. The Kier molecular flexibility index (Phi) is 8.69. The van der Waals surface area contributed by atoms with Gasteiger partial charge in [-0.1, -0.05) is 41.7 Å². The van der Waals surface area contributed by atoms with Crippen LogP contribution >= 0.6 is 34.4 Å². The highest BCUT2D eigenvalue weighted by Crippen LogP contribution is 2.25. The van der Waals surface area contributed by atoms with Crippen molar-refractivity contribution < 1.29 is 19.1 Å². The van der Waals surface area contributed by atoms with E-state index in [2.05, 4.69) is 15.3 Å². The molecule has 35 heavy (non-hydrogen) atoms. The molecule has 4 aromatic rings. The second-order valence-corrected chi connectivity index (χ2v) is 10.2. The van der Waals surface area contributed by atoms with Crippen LogP contribution in [0.2, 0.25) is 0 Å². The zero-order valence-electron chi connectivity index (χ0n) is 19.2. The van der Waals surface area contributed by atoms with Crippen molar-refractivity contribution in [2.75, 3.05) is 37.6 Å². The zero-order chi connectivity index (χ0) is 24.6. The van der Waals surface area contributed by atoms with Crippen LogP contribution in [0.3, 0.4) is 0 Å². The van der Waals surface area contributed by atoms with Crippen LogP contribution in [0.25, 0.3) is 21.5 Å². The smallest absolute Gasteiger partial charge is 0.258 e. The van der Waals surface area contributed by atoms with Crippen LogP contribution < -0.4 is 14.9 Å². The SMILES string of the molecule is COCCn1c(=NC(=O)CSCC(=O)Nc2nc(-c3ccccc3)cs2)sc2cc(OC)ccc21. The highest BCUT2D eigenvalue weighted by Gasteiger charge is 2.11. The maximum absolute atomic E-state index is 12.5. The molecule has 1 N–H and O–H groups in total. The van der Waals surface area contributed by atoms with Gasteiger partial charge >= 0.3 is 0 Å². The first-order chi connectivity index (χ1) is 17.1. The molecule has 0 saturated carbocycles. The van der Waals surface area contributed by atoms with Gasteiger partial charge in [-0.05, 0) is 18.2 Å². The van der Waals surface area contributed by atoms with E-state index in [-0.39, 0.29) is 23.3 Å². The minimum atomic E-state index is -0.298. The second kappa shape index (κ2) is 12.1. The van der Waals surface area contributed by atoms with Gasteiger partial charge in [0.05, 0.1) is 41.1 Å². The summed E-state index contributed by atoms with van der Waals surface area (Å²) in [6.07, 6.45) is 0. The minimum Gasteiger partial charge on any atom is -0.497 e. The predicted octanol–water partition coefficient (Wildman–Crippen LogP) is 4.28. The summed E-state index contributed by atoms with van der Waals surface area (Å²) >= 11 is 4.01. The lowest BCUT2D eigenvalue weighted by atomic mass is 10.2. The average molecular weight is 529 g/mol. The van der Waals surface area contributed by atoms with Crippen LogP contribution in [0.4, 0.5) is 5.13 Å². The van der Waals surface area contributed by atoms with E-state index in [9.17, 15) is 9.59 Å². The highest BCUT2D eigenvalue weighted by molar-refractivity contribution is 8.00. The summed E-state index contributed by atoms with van der Waals surface area (Å²) in [5.74, 6) is 0.471. The van der Waals surface area contributed by atoms with Crippen molar-refractivity contribution >= 4 is 61.6 Å². The number of carbonyl (C=O) groups is 2. The molecule has 0 aliphatic rings. The van der Waals surface area contributed by atoms with Gasteiger partial charge in [0.2, 0.25) is 5.91 Å². The number of amides is 2. The number of fused-ring (bicyclic) bond motifs is 1. The van der Waals surface area contributed by atoms with Crippen molar-refractivity contribution in [3.8, 4) is 17.0 Å². The van der Waals surface area contributed by atoms with E-state index in [1.54, 1.807) is 14.2 Å². The van der Waals surface area contributed by atoms with E-state index >= 15 is 0 Å². The topological polar surface area (TPSA) is 94.8 Å². The Hall–Kier alpha value is -2.99. The highest BCUT2D eigenvalue weighted by atomic mass is 32.2. The summed E-state index contributed by atoms with van der Waals surface area (Å²) < 4.78 is 13.5. The van der Waals surface area contributed by atoms with E-state index < -0.39 is 0 Å². The molecule has 0 unspecified atom stereocenters. The largest absolute Gasteiger partial charge is 0.497 e. The maximum Gasteiger partial charge on any atom is 0.258 e. The number of nitrogens with zero attached hydrogens (tertiary/aromatic N) is 3. The first-order valence-electron chi connectivity index (χ1n) is 10.7. The van der Waals surface area contributed by atoms with Gasteiger partial charge < -0.3 is 19.4 Å². The van der Waals surface area contributed by atoms with Gasteiger partial charge in [0.25, 0.3) is 5.91 Å². The van der Waals surface area contributed by atoms with E-state index in [1.165, 1.54) is 34.4 Å². The molecule has 8 nitrogen and oxygen atoms in total. The summed E-state index contributed by atoms with van der Waals surface area (Å²) in [6, 6.07) is 15.5. The number of benzene rings is 2. The summed E-state index contributed by atoms with van der Waals surface area (Å²) in [5, 5.41) is 5.23. The molecule has 182 valence electrons. The third-order valence-electron chi connectivity index (χ3n) is 4.91. The first-order valence-corrected chi connectivity index (χ1v) is 13.5. The molecule has 0 fully saturated rings. The number of methoxy groups -OCH3 is 2. The van der Waals surface area contributed by atoms with E-state index in [1.807, 2.05) is 58.5 Å². The molecule has 2 aromatic carbocycles. The van der Waals surface area contributed by atoms with Crippen LogP contribution in [0.15, 0.2) is 58.9 Å². The Morgan fingerprint density at radius 3 is 2.74 bits per heavy atom. The number of aromatic nitrogens is 2. The Morgan fingerprint density at radius 2 is 1.97 bits per heavy atom. The maximum atomic E-state index is 12.5. The second-order valence-electron chi connectivity index (χ2n) is 7.31. The number of carbonyl (C=O) groups excluding carboxylic acids is 2. The Morgan fingerprint density at radius 1 is 1.14 bits per heavy atom. The van der Waals surface area contributed by atoms with Gasteiger partial charge in [-0.25, -0.2) is 4.98 Å². The fourth-order valence-corrected chi connectivity index (χ4v) is 5.70. The molecule has 2 heterocycles. The number of ether oxygens (including phenoxy) is 2. The van der Waals surface area contributed by atoms with Crippen LogP contribution in [-0.4, -0.2) is 53.7 Å². The molecular formula is C24H24N4O4S3. The molecule has 2 aromatic heterocycles. The Bertz CT molecular complexity index is 1380. The van der Waals surface area contributed by atoms with Gasteiger partial charge in [0.1, 0.15) is 5.75 Å². The van der Waals surface area contributed by atoms with Gasteiger partial charge in [-0.3, -0.25) is 9.59 Å². The molecule has 4 rings (SSSR count). The molecule has 11 heteroatoms. The molecule has 0 saturated heterocycles. The summed E-state index contributed by atoms with van der Waals surface area (Å²) in [7, 11) is 3.25. The molecule has 0 aliphatic heterocycles. The lowest BCUT2D eigenvalue weighted by Gasteiger charge is -2.05.